The van der Waals surface area contributed by atoms with E-state index in [2.05, 4.69) is 4.98 Å². The summed E-state index contributed by atoms with van der Waals surface area (Å²) in [6.45, 7) is 0.463. The number of methoxy groups -OCH3 is 1. The molecular formula is C17H14ClNO2. The van der Waals surface area contributed by atoms with E-state index in [0.29, 0.717) is 23.3 Å². The van der Waals surface area contributed by atoms with Gasteiger partial charge in [0.05, 0.1) is 12.6 Å². The van der Waals surface area contributed by atoms with Crippen LogP contribution < -0.4 is 9.47 Å². The maximum absolute atomic E-state index is 6.02. The van der Waals surface area contributed by atoms with E-state index >= 15 is 0 Å². The van der Waals surface area contributed by atoms with E-state index in [1.807, 2.05) is 48.5 Å². The zero-order chi connectivity index (χ0) is 14.7. The van der Waals surface area contributed by atoms with E-state index in [1.165, 1.54) is 0 Å². The van der Waals surface area contributed by atoms with Crippen LogP contribution in [0.3, 0.4) is 0 Å². The second-order valence-electron chi connectivity index (χ2n) is 4.61. The second kappa shape index (κ2) is 6.02. The lowest BCUT2D eigenvalue weighted by Crippen LogP contribution is -1.99. The van der Waals surface area contributed by atoms with E-state index in [9.17, 15) is 0 Å². The summed E-state index contributed by atoms with van der Waals surface area (Å²) in [5.41, 5.74) is 1.91. The van der Waals surface area contributed by atoms with E-state index in [4.69, 9.17) is 21.1 Å². The molecule has 3 rings (SSSR count). The highest BCUT2D eigenvalue weighted by molar-refractivity contribution is 6.31. The SMILES string of the molecule is COc1nc2ccc(Cl)cc2cc1OCc1ccccc1. The van der Waals surface area contributed by atoms with Crippen LogP contribution in [-0.2, 0) is 6.61 Å². The van der Waals surface area contributed by atoms with Gasteiger partial charge in [0.2, 0.25) is 0 Å². The molecule has 1 heterocycles. The molecule has 3 aromatic rings. The molecule has 0 atom stereocenters. The fraction of sp³-hybridized carbons (Fsp3) is 0.118. The van der Waals surface area contributed by atoms with Crippen LogP contribution >= 0.6 is 11.6 Å². The summed E-state index contributed by atoms with van der Waals surface area (Å²) < 4.78 is 11.1. The fourth-order valence-electron chi connectivity index (χ4n) is 2.10. The van der Waals surface area contributed by atoms with E-state index in [0.717, 1.165) is 16.5 Å². The summed E-state index contributed by atoms with van der Waals surface area (Å²) in [4.78, 5) is 4.44. The maximum atomic E-state index is 6.02. The highest BCUT2D eigenvalue weighted by Gasteiger charge is 2.09. The highest BCUT2D eigenvalue weighted by Crippen LogP contribution is 2.30. The Balaban J connectivity index is 1.92. The third kappa shape index (κ3) is 3.09. The van der Waals surface area contributed by atoms with Gasteiger partial charge in [-0.3, -0.25) is 0 Å². The van der Waals surface area contributed by atoms with Gasteiger partial charge < -0.3 is 9.47 Å². The second-order valence-corrected chi connectivity index (χ2v) is 5.04. The number of rotatable bonds is 4. The molecule has 0 saturated carbocycles. The Kier molecular flexibility index (Phi) is 3.93. The quantitative estimate of drug-likeness (QED) is 0.712. The third-order valence-corrected chi connectivity index (χ3v) is 3.37. The van der Waals surface area contributed by atoms with Gasteiger partial charge in [-0.25, -0.2) is 4.98 Å². The lowest BCUT2D eigenvalue weighted by atomic mass is 10.2. The summed E-state index contributed by atoms with van der Waals surface area (Å²) in [5.74, 6) is 1.08. The Bertz CT molecular complexity index is 759. The summed E-state index contributed by atoms with van der Waals surface area (Å²) in [7, 11) is 1.58. The molecule has 3 nitrogen and oxygen atoms in total. The molecule has 2 aromatic carbocycles. The molecule has 0 spiro atoms. The average molecular weight is 300 g/mol. The van der Waals surface area contributed by atoms with Gasteiger partial charge in [0.15, 0.2) is 5.75 Å². The summed E-state index contributed by atoms with van der Waals surface area (Å²) in [6.07, 6.45) is 0. The van der Waals surface area contributed by atoms with Crippen LogP contribution in [0.15, 0.2) is 54.6 Å². The molecule has 0 fully saturated rings. The van der Waals surface area contributed by atoms with Crippen LogP contribution in [0.2, 0.25) is 5.02 Å². The summed E-state index contributed by atoms with van der Waals surface area (Å²) in [6, 6.07) is 17.4. The molecule has 0 aliphatic heterocycles. The minimum Gasteiger partial charge on any atom is -0.483 e. The normalized spacial score (nSPS) is 10.6. The van der Waals surface area contributed by atoms with Gasteiger partial charge in [-0.1, -0.05) is 41.9 Å². The first-order valence-corrected chi connectivity index (χ1v) is 6.95. The van der Waals surface area contributed by atoms with Crippen molar-refractivity contribution in [1.29, 1.82) is 0 Å². The molecule has 1 aromatic heterocycles. The number of hydrogen-bond acceptors (Lipinski definition) is 3. The molecule has 0 bridgehead atoms. The van der Waals surface area contributed by atoms with Gasteiger partial charge in [0.1, 0.15) is 6.61 Å². The number of nitrogens with zero attached hydrogens (tertiary/aromatic N) is 1. The van der Waals surface area contributed by atoms with Crippen LogP contribution in [-0.4, -0.2) is 12.1 Å². The molecule has 0 aliphatic carbocycles. The van der Waals surface area contributed by atoms with Gasteiger partial charge in [-0.2, -0.15) is 0 Å². The third-order valence-electron chi connectivity index (χ3n) is 3.14. The predicted molar refractivity (Wildman–Crippen MR) is 84.1 cm³/mol. The first-order chi connectivity index (χ1) is 10.3. The standard InChI is InChI=1S/C17H14ClNO2/c1-20-17-16(21-11-12-5-3-2-4-6-12)10-13-9-14(18)7-8-15(13)19-17/h2-10H,11H2,1H3. The molecule has 0 amide bonds. The lowest BCUT2D eigenvalue weighted by Gasteiger charge is -2.11. The van der Waals surface area contributed by atoms with E-state index in [-0.39, 0.29) is 0 Å². The Labute approximate surface area is 128 Å². The van der Waals surface area contributed by atoms with Crippen molar-refractivity contribution < 1.29 is 9.47 Å². The largest absolute Gasteiger partial charge is 0.483 e. The monoisotopic (exact) mass is 299 g/mol. The van der Waals surface area contributed by atoms with Crippen molar-refractivity contribution in [3.63, 3.8) is 0 Å². The Morgan fingerprint density at radius 1 is 1.05 bits per heavy atom. The van der Waals surface area contributed by atoms with Gasteiger partial charge in [-0.05, 0) is 29.8 Å². The molecular weight excluding hydrogens is 286 g/mol. The zero-order valence-corrected chi connectivity index (χ0v) is 12.3. The van der Waals surface area contributed by atoms with Gasteiger partial charge >= 0.3 is 0 Å². The number of benzene rings is 2. The van der Waals surface area contributed by atoms with Crippen molar-refractivity contribution in [3.05, 3.63) is 65.2 Å². The van der Waals surface area contributed by atoms with Gasteiger partial charge in [0.25, 0.3) is 5.88 Å². The molecule has 4 heteroatoms. The van der Waals surface area contributed by atoms with Gasteiger partial charge in [0, 0.05) is 10.4 Å². The zero-order valence-electron chi connectivity index (χ0n) is 11.5. The van der Waals surface area contributed by atoms with Crippen molar-refractivity contribution in [2.24, 2.45) is 0 Å². The van der Waals surface area contributed by atoms with Crippen molar-refractivity contribution in [1.82, 2.24) is 4.98 Å². The first kappa shape index (κ1) is 13.7. The highest BCUT2D eigenvalue weighted by atomic mass is 35.5. The lowest BCUT2D eigenvalue weighted by molar-refractivity contribution is 0.280. The number of hydrogen-bond donors (Lipinski definition) is 0. The Morgan fingerprint density at radius 3 is 2.62 bits per heavy atom. The van der Waals surface area contributed by atoms with Crippen LogP contribution in [0, 0.1) is 0 Å². The molecule has 0 aliphatic rings. The molecule has 0 radical (unpaired) electrons. The fourth-order valence-corrected chi connectivity index (χ4v) is 2.28. The molecule has 0 unspecified atom stereocenters. The molecule has 0 saturated heterocycles. The van der Waals surface area contributed by atoms with Crippen molar-refractivity contribution in [2.45, 2.75) is 6.61 Å². The number of aromatic nitrogens is 1. The first-order valence-electron chi connectivity index (χ1n) is 6.57. The minimum absolute atomic E-state index is 0.463. The van der Waals surface area contributed by atoms with Crippen molar-refractivity contribution in [2.75, 3.05) is 7.11 Å². The molecule has 106 valence electrons. The number of pyridine rings is 1. The topological polar surface area (TPSA) is 31.4 Å². The minimum atomic E-state index is 0.463. The molecule has 21 heavy (non-hydrogen) atoms. The number of halogens is 1. The summed E-state index contributed by atoms with van der Waals surface area (Å²) >= 11 is 6.02. The van der Waals surface area contributed by atoms with E-state index < -0.39 is 0 Å². The number of fused-ring (bicyclic) bond motifs is 1. The van der Waals surface area contributed by atoms with Crippen molar-refractivity contribution in [3.8, 4) is 11.6 Å². The predicted octanol–water partition coefficient (Wildman–Crippen LogP) is 4.48. The average Bonchev–Trinajstić information content (AvgIpc) is 2.53. The van der Waals surface area contributed by atoms with E-state index in [1.54, 1.807) is 13.2 Å². The van der Waals surface area contributed by atoms with Gasteiger partial charge in [-0.15, -0.1) is 0 Å². The maximum Gasteiger partial charge on any atom is 0.257 e. The Morgan fingerprint density at radius 2 is 1.86 bits per heavy atom. The summed E-state index contributed by atoms with van der Waals surface area (Å²) in [5, 5.41) is 1.59. The van der Waals surface area contributed by atoms with Crippen molar-refractivity contribution >= 4 is 22.5 Å². The van der Waals surface area contributed by atoms with Crippen LogP contribution in [0.5, 0.6) is 11.6 Å². The van der Waals surface area contributed by atoms with Crippen LogP contribution in [0.4, 0.5) is 0 Å². The smallest absolute Gasteiger partial charge is 0.257 e. The number of ether oxygens (including phenoxy) is 2. The van der Waals surface area contributed by atoms with Crippen LogP contribution in [0.25, 0.3) is 10.9 Å². The molecule has 0 N–H and O–H groups in total. The Hall–Kier alpha value is -2.26. The van der Waals surface area contributed by atoms with Crippen LogP contribution in [0.1, 0.15) is 5.56 Å².